The van der Waals surface area contributed by atoms with Crippen LogP contribution in [0.2, 0.25) is 0 Å². The molecule has 194 valence electrons. The number of allylic oxidation sites excluding steroid dienone is 5. The summed E-state index contributed by atoms with van der Waals surface area (Å²) in [7, 11) is 0. The summed E-state index contributed by atoms with van der Waals surface area (Å²) < 4.78 is 6.35. The first kappa shape index (κ1) is 27.6. The minimum atomic E-state index is -1.76. The zero-order chi connectivity index (χ0) is 26.7. The Labute approximate surface area is 211 Å². The average molecular weight is 485 g/mol. The molecule has 0 amide bonds. The topological polar surface area (TPSA) is 80.7 Å². The maximum Gasteiger partial charge on any atom is 0.184 e. The highest BCUT2D eigenvalue weighted by atomic mass is 16.5. The van der Waals surface area contributed by atoms with E-state index >= 15 is 0 Å². The van der Waals surface area contributed by atoms with Crippen molar-refractivity contribution in [3.63, 3.8) is 0 Å². The van der Waals surface area contributed by atoms with Crippen LogP contribution in [0.1, 0.15) is 94.9 Å². The molecule has 1 aliphatic heterocycles. The standard InChI is InChI=1S/C30H44O5/c1-17(2)11-12-20-16-29(14-13-18(3)4)25-21(15-22(35-25)28(9,10)34)24(32)30(26(29)33,27(20,7)8)23(31)19(5)6/h11,13,19-20,22,34H,12,14-16H2,1-10H3/t20-,22+,29+,30-/m0/s1. The van der Waals surface area contributed by atoms with E-state index < -0.39 is 39.7 Å². The Hall–Kier alpha value is -2.01. The minimum absolute atomic E-state index is 0.0776. The van der Waals surface area contributed by atoms with Crippen LogP contribution in [0.5, 0.6) is 0 Å². The molecule has 4 atom stereocenters. The lowest BCUT2D eigenvalue weighted by molar-refractivity contribution is -0.178. The molecule has 0 aromatic heterocycles. The van der Waals surface area contributed by atoms with Gasteiger partial charge >= 0.3 is 0 Å². The number of hydrogen-bond donors (Lipinski definition) is 1. The predicted molar refractivity (Wildman–Crippen MR) is 138 cm³/mol. The third-order valence-corrected chi connectivity index (χ3v) is 8.68. The van der Waals surface area contributed by atoms with Crippen molar-refractivity contribution < 1.29 is 24.2 Å². The van der Waals surface area contributed by atoms with Gasteiger partial charge in [-0.25, -0.2) is 0 Å². The summed E-state index contributed by atoms with van der Waals surface area (Å²) in [4.78, 5) is 43.3. The van der Waals surface area contributed by atoms with Gasteiger partial charge in [0.15, 0.2) is 22.8 Å². The van der Waals surface area contributed by atoms with Crippen LogP contribution >= 0.6 is 0 Å². The van der Waals surface area contributed by atoms with Gasteiger partial charge in [-0.1, -0.05) is 51.0 Å². The SMILES string of the molecule is CC(C)=CC[C@H]1C[C@@]2(CC=C(C)C)C(=O)[C@](C(=O)C(C)C)(C(=O)C3=C2O[C@@H](C(C)(C)O)C3)C1(C)C. The van der Waals surface area contributed by atoms with Crippen LogP contribution in [0.3, 0.4) is 0 Å². The molecule has 1 fully saturated rings. The number of ether oxygens (including phenoxy) is 1. The minimum Gasteiger partial charge on any atom is -0.490 e. The van der Waals surface area contributed by atoms with Crippen LogP contribution in [0.4, 0.5) is 0 Å². The Bertz CT molecular complexity index is 1020. The number of fused-ring (bicyclic) bond motifs is 3. The zero-order valence-corrected chi connectivity index (χ0v) is 23.3. The van der Waals surface area contributed by atoms with E-state index in [0.29, 0.717) is 30.6 Å². The largest absolute Gasteiger partial charge is 0.490 e. The number of carbonyl (C=O) groups is 3. The Morgan fingerprint density at radius 3 is 2.17 bits per heavy atom. The van der Waals surface area contributed by atoms with Crippen molar-refractivity contribution in [2.45, 2.75) is 107 Å². The third-order valence-electron chi connectivity index (χ3n) is 8.68. The highest BCUT2D eigenvalue weighted by Gasteiger charge is 2.76. The monoisotopic (exact) mass is 484 g/mol. The van der Waals surface area contributed by atoms with E-state index in [4.69, 9.17) is 4.74 Å². The number of carbonyl (C=O) groups excluding carboxylic acids is 3. The second-order valence-corrected chi connectivity index (χ2v) is 12.9. The average Bonchev–Trinajstić information content (AvgIpc) is 3.18. The van der Waals surface area contributed by atoms with Crippen LogP contribution in [0, 0.1) is 28.1 Å². The van der Waals surface area contributed by atoms with E-state index in [1.54, 1.807) is 27.7 Å². The Morgan fingerprint density at radius 1 is 1.11 bits per heavy atom. The van der Waals surface area contributed by atoms with Gasteiger partial charge in [-0.15, -0.1) is 0 Å². The second-order valence-electron chi connectivity index (χ2n) is 12.9. The summed E-state index contributed by atoms with van der Waals surface area (Å²) in [6, 6.07) is 0. The van der Waals surface area contributed by atoms with Crippen LogP contribution < -0.4 is 0 Å². The molecule has 0 radical (unpaired) electrons. The van der Waals surface area contributed by atoms with E-state index in [2.05, 4.69) is 6.08 Å². The van der Waals surface area contributed by atoms with Gasteiger partial charge in [0.2, 0.25) is 0 Å². The molecule has 5 nitrogen and oxygen atoms in total. The van der Waals surface area contributed by atoms with Crippen molar-refractivity contribution >= 4 is 17.3 Å². The number of rotatable bonds is 7. The molecule has 5 heteroatoms. The number of aliphatic hydroxyl groups is 1. The van der Waals surface area contributed by atoms with Gasteiger partial charge in [-0.3, -0.25) is 14.4 Å². The van der Waals surface area contributed by atoms with Crippen molar-refractivity contribution in [1.29, 1.82) is 0 Å². The fourth-order valence-corrected chi connectivity index (χ4v) is 6.45. The molecular formula is C30H44O5. The quantitative estimate of drug-likeness (QED) is 0.359. The normalized spacial score (nSPS) is 31.8. The van der Waals surface area contributed by atoms with Crippen LogP contribution in [0.25, 0.3) is 0 Å². The molecule has 3 aliphatic rings. The second kappa shape index (κ2) is 8.83. The molecule has 0 saturated heterocycles. The van der Waals surface area contributed by atoms with Crippen molar-refractivity contribution in [3.8, 4) is 0 Å². The summed E-state index contributed by atoms with van der Waals surface area (Å²) >= 11 is 0. The fourth-order valence-electron chi connectivity index (χ4n) is 6.45. The summed E-state index contributed by atoms with van der Waals surface area (Å²) in [5.74, 6) is -1.14. The summed E-state index contributed by atoms with van der Waals surface area (Å²) in [6.07, 6.45) is 5.31. The first-order chi connectivity index (χ1) is 15.9. The maximum absolute atomic E-state index is 14.8. The lowest BCUT2D eigenvalue weighted by Crippen LogP contribution is -2.70. The van der Waals surface area contributed by atoms with Crippen LogP contribution in [-0.4, -0.2) is 34.2 Å². The summed E-state index contributed by atoms with van der Waals surface area (Å²) in [6.45, 7) is 18.8. The first-order valence-corrected chi connectivity index (χ1v) is 13.0. The molecule has 0 unspecified atom stereocenters. The molecule has 3 rings (SSSR count). The smallest absolute Gasteiger partial charge is 0.184 e. The molecule has 2 aliphatic carbocycles. The molecule has 35 heavy (non-hydrogen) atoms. The molecule has 1 heterocycles. The van der Waals surface area contributed by atoms with E-state index in [0.717, 1.165) is 11.1 Å². The lowest BCUT2D eigenvalue weighted by Gasteiger charge is -2.59. The Kier molecular flexibility index (Phi) is 6.96. The van der Waals surface area contributed by atoms with Gasteiger partial charge in [-0.2, -0.15) is 0 Å². The number of ketones is 3. The van der Waals surface area contributed by atoms with Gasteiger partial charge in [-0.05, 0) is 72.1 Å². The molecule has 1 N–H and O–H groups in total. The van der Waals surface area contributed by atoms with Crippen molar-refractivity contribution in [2.75, 3.05) is 0 Å². The van der Waals surface area contributed by atoms with E-state index in [9.17, 15) is 19.5 Å². The van der Waals surface area contributed by atoms with E-state index in [1.165, 1.54) is 0 Å². The van der Waals surface area contributed by atoms with Crippen molar-refractivity contribution in [3.05, 3.63) is 34.6 Å². The van der Waals surface area contributed by atoms with E-state index in [-0.39, 0.29) is 23.9 Å². The Morgan fingerprint density at radius 2 is 1.69 bits per heavy atom. The third kappa shape index (κ3) is 3.98. The molecule has 0 aromatic carbocycles. The zero-order valence-electron chi connectivity index (χ0n) is 23.3. The van der Waals surface area contributed by atoms with Gasteiger partial charge in [0.05, 0.1) is 11.0 Å². The molecule has 0 aromatic rings. The molecule has 2 bridgehead atoms. The highest BCUT2D eigenvalue weighted by Crippen LogP contribution is 2.67. The van der Waals surface area contributed by atoms with Crippen LogP contribution in [0.15, 0.2) is 34.6 Å². The molecule has 0 spiro atoms. The molecule has 1 saturated carbocycles. The summed E-state index contributed by atoms with van der Waals surface area (Å²) in [5, 5.41) is 10.8. The lowest BCUT2D eigenvalue weighted by atomic mass is 9.39. The van der Waals surface area contributed by atoms with Crippen molar-refractivity contribution in [2.24, 2.45) is 28.1 Å². The fraction of sp³-hybridized carbons (Fsp3) is 0.700. The first-order valence-electron chi connectivity index (χ1n) is 13.0. The van der Waals surface area contributed by atoms with Gasteiger partial charge in [0.25, 0.3) is 0 Å². The molecular weight excluding hydrogens is 440 g/mol. The number of Topliss-reactive ketones (excluding diaryl/α,β-unsaturated/α-hetero) is 3. The highest BCUT2D eigenvalue weighted by molar-refractivity contribution is 6.33. The Balaban J connectivity index is 2.39. The predicted octanol–water partition coefficient (Wildman–Crippen LogP) is 5.91. The number of hydrogen-bond acceptors (Lipinski definition) is 5. The van der Waals surface area contributed by atoms with Gasteiger partial charge < -0.3 is 9.84 Å². The maximum atomic E-state index is 14.8. The van der Waals surface area contributed by atoms with Gasteiger partial charge in [0.1, 0.15) is 11.9 Å². The van der Waals surface area contributed by atoms with E-state index in [1.807, 2.05) is 47.6 Å². The van der Waals surface area contributed by atoms with Gasteiger partial charge in [0, 0.05) is 17.9 Å². The summed E-state index contributed by atoms with van der Waals surface area (Å²) in [5.41, 5.74) is -2.26. The van der Waals surface area contributed by atoms with Crippen molar-refractivity contribution in [1.82, 2.24) is 0 Å². The van der Waals surface area contributed by atoms with Crippen LogP contribution in [-0.2, 0) is 19.1 Å².